The van der Waals surface area contributed by atoms with Gasteiger partial charge in [-0.05, 0) is 18.3 Å². The first kappa shape index (κ1) is 12.6. The lowest BCUT2D eigenvalue weighted by atomic mass is 10.3. The Hall–Kier alpha value is -1.44. The number of nitrogens with zero attached hydrogens (tertiary/aromatic N) is 2. The average molecular weight is 261 g/mol. The van der Waals surface area contributed by atoms with Crippen LogP contribution in [0.25, 0.3) is 0 Å². The molecule has 0 aromatic heterocycles. The number of nitro benzene ring substituents is 1. The molecule has 0 heterocycles. The highest BCUT2D eigenvalue weighted by molar-refractivity contribution is 7.80. The molecular formula is C8H9ClN4O2S. The van der Waals surface area contributed by atoms with Gasteiger partial charge < -0.3 is 5.32 Å². The molecule has 0 spiro atoms. The van der Waals surface area contributed by atoms with E-state index < -0.39 is 4.92 Å². The van der Waals surface area contributed by atoms with E-state index in [-0.39, 0.29) is 15.8 Å². The summed E-state index contributed by atoms with van der Waals surface area (Å²) in [5.41, 5.74) is 0.386. The number of nitrogens with two attached hydrogens (primary N) is 1. The third-order valence-electron chi connectivity index (χ3n) is 1.73. The van der Waals surface area contributed by atoms with E-state index >= 15 is 0 Å². The van der Waals surface area contributed by atoms with E-state index in [9.17, 15) is 10.1 Å². The van der Waals surface area contributed by atoms with Crippen LogP contribution in [0.2, 0.25) is 5.02 Å². The van der Waals surface area contributed by atoms with Crippen LogP contribution < -0.4 is 11.2 Å². The number of anilines is 1. The fourth-order valence-corrected chi connectivity index (χ4v) is 1.25. The molecule has 0 aliphatic rings. The number of halogens is 1. The molecule has 1 aromatic rings. The highest BCUT2D eigenvalue weighted by atomic mass is 35.5. The summed E-state index contributed by atoms with van der Waals surface area (Å²) in [5, 5.41) is 14.9. The summed E-state index contributed by atoms with van der Waals surface area (Å²) < 4.78 is 0. The molecule has 0 saturated carbocycles. The van der Waals surface area contributed by atoms with Gasteiger partial charge in [0.25, 0.3) is 5.69 Å². The molecule has 0 aliphatic carbocycles. The Morgan fingerprint density at radius 2 is 2.31 bits per heavy atom. The number of nitro groups is 1. The van der Waals surface area contributed by atoms with E-state index in [4.69, 9.17) is 29.7 Å². The summed E-state index contributed by atoms with van der Waals surface area (Å²) in [6, 6.07) is 4.03. The van der Waals surface area contributed by atoms with Crippen LogP contribution in [0.5, 0.6) is 0 Å². The minimum Gasteiger partial charge on any atom is -0.330 e. The number of hydrogen-bond donors (Lipinski definition) is 2. The van der Waals surface area contributed by atoms with Crippen molar-refractivity contribution >= 4 is 40.3 Å². The van der Waals surface area contributed by atoms with Gasteiger partial charge in [-0.3, -0.25) is 15.1 Å². The normalized spacial score (nSPS) is 9.69. The van der Waals surface area contributed by atoms with Crippen LogP contribution in [0.4, 0.5) is 11.4 Å². The predicted octanol–water partition coefficient (Wildman–Crippen LogP) is 1.75. The molecule has 0 amide bonds. The summed E-state index contributed by atoms with van der Waals surface area (Å²) in [4.78, 5) is 9.94. The van der Waals surface area contributed by atoms with Crippen molar-refractivity contribution < 1.29 is 4.92 Å². The highest BCUT2D eigenvalue weighted by Crippen LogP contribution is 2.26. The van der Waals surface area contributed by atoms with E-state index in [1.54, 1.807) is 7.05 Å². The monoisotopic (exact) mass is 260 g/mol. The molecule has 0 aliphatic heterocycles. The largest absolute Gasteiger partial charge is 0.330 e. The van der Waals surface area contributed by atoms with E-state index in [0.29, 0.717) is 5.69 Å². The Balaban J connectivity index is 2.91. The van der Waals surface area contributed by atoms with Gasteiger partial charge in [0.1, 0.15) is 0 Å². The van der Waals surface area contributed by atoms with E-state index in [0.717, 1.165) is 0 Å². The van der Waals surface area contributed by atoms with Crippen LogP contribution in [0, 0.1) is 10.1 Å². The van der Waals surface area contributed by atoms with Crippen LogP contribution in [0.1, 0.15) is 0 Å². The minimum absolute atomic E-state index is 0.0810. The zero-order valence-electron chi connectivity index (χ0n) is 8.31. The van der Waals surface area contributed by atoms with Crippen molar-refractivity contribution in [3.8, 4) is 0 Å². The molecule has 0 saturated heterocycles. The van der Waals surface area contributed by atoms with Gasteiger partial charge in [0, 0.05) is 19.2 Å². The molecule has 3 N–H and O–H groups in total. The van der Waals surface area contributed by atoms with E-state index in [1.165, 1.54) is 23.2 Å². The second-order valence-electron chi connectivity index (χ2n) is 2.96. The Bertz CT molecular complexity index is 438. The lowest BCUT2D eigenvalue weighted by Crippen LogP contribution is -2.36. The number of hydrogen-bond acceptors (Lipinski definition) is 4. The summed E-state index contributed by atoms with van der Waals surface area (Å²) in [5.74, 6) is 5.39. The second kappa shape index (κ2) is 5.06. The predicted molar refractivity (Wildman–Crippen MR) is 66.3 cm³/mol. The molecule has 6 nitrogen and oxygen atoms in total. The smallest absolute Gasteiger partial charge is 0.271 e. The second-order valence-corrected chi connectivity index (χ2v) is 3.76. The fraction of sp³-hybridized carbons (Fsp3) is 0.125. The lowest BCUT2D eigenvalue weighted by Gasteiger charge is -2.15. The van der Waals surface area contributed by atoms with Crippen LogP contribution in [0.3, 0.4) is 0 Å². The molecular weight excluding hydrogens is 252 g/mol. The zero-order valence-corrected chi connectivity index (χ0v) is 9.88. The maximum Gasteiger partial charge on any atom is 0.271 e. The number of benzene rings is 1. The van der Waals surface area contributed by atoms with Gasteiger partial charge in [-0.1, -0.05) is 11.6 Å². The van der Waals surface area contributed by atoms with Crippen molar-refractivity contribution in [1.82, 2.24) is 5.01 Å². The maximum atomic E-state index is 10.5. The Morgan fingerprint density at radius 3 is 2.75 bits per heavy atom. The van der Waals surface area contributed by atoms with Gasteiger partial charge in [-0.2, -0.15) is 0 Å². The lowest BCUT2D eigenvalue weighted by molar-refractivity contribution is -0.384. The topological polar surface area (TPSA) is 84.4 Å². The van der Waals surface area contributed by atoms with Crippen molar-refractivity contribution in [2.24, 2.45) is 5.84 Å². The summed E-state index contributed by atoms with van der Waals surface area (Å²) in [6.45, 7) is 0. The van der Waals surface area contributed by atoms with E-state index in [1.807, 2.05) is 0 Å². The van der Waals surface area contributed by atoms with Crippen LogP contribution >= 0.6 is 23.8 Å². The summed E-state index contributed by atoms with van der Waals surface area (Å²) in [6.07, 6.45) is 0. The van der Waals surface area contributed by atoms with Crippen molar-refractivity contribution in [1.29, 1.82) is 0 Å². The zero-order chi connectivity index (χ0) is 12.3. The van der Waals surface area contributed by atoms with Crippen LogP contribution in [-0.2, 0) is 0 Å². The molecule has 8 heteroatoms. The Labute approximate surface area is 102 Å². The van der Waals surface area contributed by atoms with Crippen molar-refractivity contribution in [2.45, 2.75) is 0 Å². The third-order valence-corrected chi connectivity index (χ3v) is 2.43. The average Bonchev–Trinajstić information content (AvgIpc) is 2.20. The van der Waals surface area contributed by atoms with Gasteiger partial charge in [0.05, 0.1) is 15.6 Å². The number of hydrazine groups is 1. The van der Waals surface area contributed by atoms with Crippen LogP contribution in [-0.4, -0.2) is 22.1 Å². The highest BCUT2D eigenvalue weighted by Gasteiger charge is 2.10. The van der Waals surface area contributed by atoms with Crippen molar-refractivity contribution in [3.05, 3.63) is 33.3 Å². The minimum atomic E-state index is -0.525. The Morgan fingerprint density at radius 1 is 1.69 bits per heavy atom. The number of nitrogens with one attached hydrogen (secondary N) is 1. The van der Waals surface area contributed by atoms with Gasteiger partial charge in [0.15, 0.2) is 5.11 Å². The number of non-ortho nitro benzene ring substituents is 1. The molecule has 1 rings (SSSR count). The van der Waals surface area contributed by atoms with Gasteiger partial charge in [0.2, 0.25) is 0 Å². The van der Waals surface area contributed by atoms with E-state index in [2.05, 4.69) is 5.32 Å². The fourth-order valence-electron chi connectivity index (χ4n) is 0.922. The van der Waals surface area contributed by atoms with Gasteiger partial charge in [-0.15, -0.1) is 0 Å². The number of rotatable bonds is 2. The standard InChI is InChI=1S/C8H9ClN4O2S/c1-12(10)8(16)11-7-3-2-5(13(14)15)4-6(7)9/h2-4H,10H2,1H3,(H,11,16). The quantitative estimate of drug-likeness (QED) is 0.365. The molecule has 16 heavy (non-hydrogen) atoms. The molecule has 0 radical (unpaired) electrons. The first-order valence-electron chi connectivity index (χ1n) is 4.15. The maximum absolute atomic E-state index is 10.5. The first-order valence-corrected chi connectivity index (χ1v) is 4.94. The molecule has 1 aromatic carbocycles. The third kappa shape index (κ3) is 3.02. The van der Waals surface area contributed by atoms with Crippen LogP contribution in [0.15, 0.2) is 18.2 Å². The molecule has 0 bridgehead atoms. The van der Waals surface area contributed by atoms with Crippen molar-refractivity contribution in [2.75, 3.05) is 12.4 Å². The summed E-state index contributed by atoms with van der Waals surface area (Å²) >= 11 is 10.7. The van der Waals surface area contributed by atoms with Gasteiger partial charge in [-0.25, -0.2) is 5.84 Å². The first-order chi connectivity index (χ1) is 7.41. The number of thiocarbonyl (C=S) groups is 1. The Kier molecular flexibility index (Phi) is 3.99. The van der Waals surface area contributed by atoms with Crippen molar-refractivity contribution in [3.63, 3.8) is 0 Å². The summed E-state index contributed by atoms with van der Waals surface area (Å²) in [7, 11) is 1.56. The van der Waals surface area contributed by atoms with Gasteiger partial charge >= 0.3 is 0 Å². The molecule has 0 atom stereocenters. The molecule has 0 unspecified atom stereocenters. The SMILES string of the molecule is CN(N)C(=S)Nc1ccc([N+](=O)[O-])cc1Cl. The molecule has 0 fully saturated rings. The molecule has 86 valence electrons.